The number of nitrogens with one attached hydrogen (secondary N) is 1. The molecule has 0 amide bonds. The molecule has 53 heavy (non-hydrogen) atoms. The number of ether oxygens (including phenoxy) is 4. The number of hydrogen-bond donors (Lipinski definition) is 5. The third kappa shape index (κ3) is 7.63. The predicted octanol–water partition coefficient (Wildman–Crippen LogP) is 1.01. The number of hydrogen-bond acceptors (Lipinski definition) is 21. The fourth-order valence-corrected chi connectivity index (χ4v) is 9.89. The third-order valence-corrected chi connectivity index (χ3v) is 12.9. The van der Waals surface area contributed by atoms with Gasteiger partial charge in [-0.1, -0.05) is 0 Å². The highest BCUT2D eigenvalue weighted by molar-refractivity contribution is 8.55. The number of imidazole rings is 2. The van der Waals surface area contributed by atoms with Crippen molar-refractivity contribution in [2.24, 2.45) is 0 Å². The summed E-state index contributed by atoms with van der Waals surface area (Å²) in [6.07, 6.45) is -11.0. The summed E-state index contributed by atoms with van der Waals surface area (Å²) in [6.45, 7) is -7.24. The maximum atomic E-state index is 16.3. The first-order valence-corrected chi connectivity index (χ1v) is 21.2. The summed E-state index contributed by atoms with van der Waals surface area (Å²) in [6, 6.07) is 0. The summed E-state index contributed by atoms with van der Waals surface area (Å²) in [4.78, 5) is 58.3. The van der Waals surface area contributed by atoms with Crippen LogP contribution in [0.25, 0.3) is 22.3 Å². The van der Waals surface area contributed by atoms with E-state index in [9.17, 15) is 24.2 Å². The van der Waals surface area contributed by atoms with Crippen LogP contribution in [-0.4, -0.2) is 117 Å². The molecular formula is C25H31FN10O13P2S2. The lowest BCUT2D eigenvalue weighted by Gasteiger charge is -2.28. The topological polar surface area (TPSA) is 308 Å². The molecule has 4 aromatic heterocycles. The smallest absolute Gasteiger partial charge is 0.432 e. The normalized spacial score (nSPS) is 33.7. The molecule has 4 aromatic rings. The molecule has 3 saturated heterocycles. The number of nitrogen functional groups attached to an aromatic ring is 2. The predicted molar refractivity (Wildman–Crippen MR) is 182 cm³/mol. The lowest BCUT2D eigenvalue weighted by Crippen LogP contribution is -2.35. The molecule has 7 N–H and O–H groups in total. The largest absolute Gasteiger partial charge is 0.509 e. The first kappa shape index (κ1) is 37.9. The highest BCUT2D eigenvalue weighted by atomic mass is 32.7. The molecular weight excluding hydrogens is 793 g/mol. The first-order chi connectivity index (χ1) is 25.1. The van der Waals surface area contributed by atoms with E-state index in [-0.39, 0.29) is 34.1 Å². The van der Waals surface area contributed by atoms with Gasteiger partial charge in [0.2, 0.25) is 5.95 Å². The van der Waals surface area contributed by atoms with Crippen LogP contribution in [0.3, 0.4) is 0 Å². The number of H-pyrrole nitrogens is 1. The number of nitrogens with two attached hydrogens (primary N) is 2. The molecule has 0 aromatic carbocycles. The highest BCUT2D eigenvalue weighted by Crippen LogP contribution is 2.64. The summed E-state index contributed by atoms with van der Waals surface area (Å²) < 4.78 is 78.3. The number of carbonyl (C=O) groups is 1. The van der Waals surface area contributed by atoms with E-state index in [1.807, 2.05) is 0 Å². The Hall–Kier alpha value is -3.39. The van der Waals surface area contributed by atoms with Crippen molar-refractivity contribution in [2.75, 3.05) is 30.6 Å². The molecule has 3 aliphatic heterocycles. The summed E-state index contributed by atoms with van der Waals surface area (Å²) in [5.74, 6) is -0.902. The summed E-state index contributed by atoms with van der Waals surface area (Å²) in [5, 5.41) is 11.5. The van der Waals surface area contributed by atoms with E-state index in [0.29, 0.717) is 11.4 Å². The molecule has 7 rings (SSSR count). The van der Waals surface area contributed by atoms with Gasteiger partial charge < -0.3 is 44.9 Å². The van der Waals surface area contributed by atoms with E-state index < -0.39 is 99.6 Å². The van der Waals surface area contributed by atoms with E-state index in [1.165, 1.54) is 15.5 Å². The van der Waals surface area contributed by atoms with Gasteiger partial charge in [-0.05, 0) is 25.7 Å². The molecule has 10 atom stereocenters. The van der Waals surface area contributed by atoms with Gasteiger partial charge in [-0.3, -0.25) is 32.5 Å². The molecule has 0 aliphatic carbocycles. The van der Waals surface area contributed by atoms with Gasteiger partial charge in [-0.2, -0.15) is 4.98 Å². The van der Waals surface area contributed by atoms with Crippen LogP contribution >= 0.6 is 24.9 Å². The molecule has 0 spiro atoms. The van der Waals surface area contributed by atoms with E-state index in [4.69, 9.17) is 60.3 Å². The number of halogens is 1. The minimum atomic E-state index is -4.64. The van der Waals surface area contributed by atoms with Crippen LogP contribution in [0.5, 0.6) is 0 Å². The number of aromatic nitrogens is 8. The average molecular weight is 825 g/mol. The Labute approximate surface area is 305 Å². The Kier molecular flexibility index (Phi) is 10.5. The van der Waals surface area contributed by atoms with Crippen LogP contribution in [0.4, 0.5) is 21.0 Å². The number of anilines is 2. The van der Waals surface area contributed by atoms with Crippen molar-refractivity contribution in [3.8, 4) is 0 Å². The van der Waals surface area contributed by atoms with Gasteiger partial charge in [0.1, 0.15) is 42.4 Å². The van der Waals surface area contributed by atoms with Crippen LogP contribution < -0.4 is 17.0 Å². The zero-order chi connectivity index (χ0) is 37.8. The number of alkyl halides is 1. The number of aliphatic hydroxyl groups excluding tert-OH is 1. The van der Waals surface area contributed by atoms with Crippen molar-refractivity contribution in [1.82, 2.24) is 39.0 Å². The zero-order valence-corrected chi connectivity index (χ0v) is 30.7. The van der Waals surface area contributed by atoms with Gasteiger partial charge in [-0.25, -0.2) is 33.7 Å². The molecule has 23 nitrogen and oxygen atoms in total. The van der Waals surface area contributed by atoms with Crippen molar-refractivity contribution in [3.05, 3.63) is 29.3 Å². The summed E-state index contributed by atoms with van der Waals surface area (Å²) >= 11 is 5.59. The number of fused-ring (bicyclic) bond motifs is 5. The fourth-order valence-electron chi connectivity index (χ4n) is 5.69. The van der Waals surface area contributed by atoms with Gasteiger partial charge in [0, 0.05) is 11.4 Å². The fraction of sp³-hybridized carbons (Fsp3) is 0.560. The molecule has 7 unspecified atom stereocenters. The Bertz CT molecular complexity index is 2180. The van der Waals surface area contributed by atoms with Crippen molar-refractivity contribution >= 4 is 77.0 Å². The average Bonchev–Trinajstić information content (AvgIpc) is 3.84. The highest BCUT2D eigenvalue weighted by Gasteiger charge is 2.54. The Morgan fingerprint density at radius 1 is 1.08 bits per heavy atom. The van der Waals surface area contributed by atoms with Crippen LogP contribution in [0.15, 0.2) is 23.8 Å². The van der Waals surface area contributed by atoms with E-state index in [2.05, 4.69) is 29.9 Å². The minimum Gasteiger partial charge on any atom is -0.432 e. The quantitative estimate of drug-likeness (QED) is 0.103. The number of carbonyl (C=O) groups excluding carboxylic acids is 1. The number of rotatable bonds is 6. The van der Waals surface area contributed by atoms with Gasteiger partial charge in [0.15, 0.2) is 47.2 Å². The van der Waals surface area contributed by atoms with E-state index >= 15 is 4.39 Å². The number of aromatic amines is 1. The maximum absolute atomic E-state index is 16.3. The van der Waals surface area contributed by atoms with Crippen molar-refractivity contribution in [3.63, 3.8) is 0 Å². The molecule has 288 valence electrons. The van der Waals surface area contributed by atoms with Gasteiger partial charge in [-0.15, -0.1) is 0 Å². The van der Waals surface area contributed by atoms with E-state index in [1.54, 1.807) is 13.8 Å². The summed E-state index contributed by atoms with van der Waals surface area (Å²) in [5.41, 5.74) is 11.0. The number of nitrogens with zero attached hydrogens (tertiary/aromatic N) is 7. The molecule has 2 bridgehead atoms. The van der Waals surface area contributed by atoms with E-state index in [0.717, 1.165) is 12.7 Å². The molecule has 28 heteroatoms. The molecule has 0 saturated carbocycles. The monoisotopic (exact) mass is 824 g/mol. The Balaban J connectivity index is 1.23. The van der Waals surface area contributed by atoms with Crippen LogP contribution in [0.2, 0.25) is 0 Å². The van der Waals surface area contributed by atoms with Crippen LogP contribution in [-0.2, 0) is 53.4 Å². The lowest BCUT2D eigenvalue weighted by atomic mass is 10.1. The lowest BCUT2D eigenvalue weighted by molar-refractivity contribution is -0.0585. The van der Waals surface area contributed by atoms with Gasteiger partial charge >= 0.3 is 19.7 Å². The SMILES string of the molecule is CC(C)OC(=O)OCSP1(=O)OC[C@H]2O[C@@H](n3cnc4c(N)ncnc43)C(F)C2OP(O)(=S)OC[C@H]2OC(n3cnc4c(=O)[nH]c(N)nc43)C(O1)C2O. The standard InChI is InChI=1S/C25H31FN10O13P2S2/c1-9(2)45-25(39)42-8-53-51(41)44-4-11-16(12(26)22(47-11)35-6-31-13-18(27)29-5-30-19(13)35)48-50(40,52)43-3-10-15(37)17(49-51)23(46-10)36-7-32-14-20(36)33-24(28)34-21(14)38/h5-7,9-12,15-17,22-23,37H,3-4,8H2,1-2H3,(H,40,52)(H2,27,29,30)(H3,28,33,34,38)/t10-,11-,12?,15?,16?,17?,22-,23?,50?,51?/m1/s1. The number of aliphatic hydroxyl groups is 1. The molecule has 7 heterocycles. The van der Waals surface area contributed by atoms with Gasteiger partial charge in [0.05, 0.1) is 32.0 Å². The third-order valence-electron chi connectivity index (χ3n) is 7.99. The van der Waals surface area contributed by atoms with Crippen molar-refractivity contribution < 1.29 is 60.8 Å². The summed E-state index contributed by atoms with van der Waals surface area (Å²) in [7, 11) is 0. The second-order valence-electron chi connectivity index (χ2n) is 11.9. The first-order valence-electron chi connectivity index (χ1n) is 15.5. The Morgan fingerprint density at radius 3 is 2.53 bits per heavy atom. The van der Waals surface area contributed by atoms with Crippen LogP contribution in [0.1, 0.15) is 26.3 Å². The van der Waals surface area contributed by atoms with Crippen LogP contribution in [0, 0.1) is 0 Å². The minimum absolute atomic E-state index is 0.0187. The second kappa shape index (κ2) is 14.7. The molecule has 0 radical (unpaired) electrons. The molecule has 3 aliphatic rings. The zero-order valence-electron chi connectivity index (χ0n) is 27.3. The Morgan fingerprint density at radius 2 is 1.77 bits per heavy atom. The second-order valence-corrected chi connectivity index (χ2v) is 18.6. The maximum Gasteiger partial charge on any atom is 0.509 e. The van der Waals surface area contributed by atoms with Crippen molar-refractivity contribution in [1.29, 1.82) is 0 Å². The van der Waals surface area contributed by atoms with Gasteiger partial charge in [0.25, 0.3) is 5.56 Å². The van der Waals surface area contributed by atoms with Crippen molar-refractivity contribution in [2.45, 2.75) is 69.1 Å². The molecule has 3 fully saturated rings.